The molecule has 0 aliphatic carbocycles. The van der Waals surface area contributed by atoms with Crippen LogP contribution >= 0.6 is 0 Å². The van der Waals surface area contributed by atoms with E-state index in [1.54, 1.807) is 4.90 Å². The van der Waals surface area contributed by atoms with Gasteiger partial charge in [-0.15, -0.1) is 0 Å². The maximum Gasteiger partial charge on any atom is 0.239 e. The highest BCUT2D eigenvalue weighted by Gasteiger charge is 2.21. The molecule has 0 bridgehead atoms. The minimum absolute atomic E-state index is 0.0276. The summed E-state index contributed by atoms with van der Waals surface area (Å²) in [6.45, 7) is 3.78. The second kappa shape index (κ2) is 6.73. The first-order valence-electron chi connectivity index (χ1n) is 7.01. The summed E-state index contributed by atoms with van der Waals surface area (Å²) in [5.74, 6) is 0.737. The molecule has 1 unspecified atom stereocenters. The molecule has 0 aromatic heterocycles. The molecule has 2 amide bonds. The van der Waals surface area contributed by atoms with Gasteiger partial charge in [0.1, 0.15) is 0 Å². The third kappa shape index (κ3) is 3.98. The zero-order valence-electron chi connectivity index (χ0n) is 10.9. The third-order valence-electron chi connectivity index (χ3n) is 3.78. The monoisotopic (exact) mass is 253 g/mol. The van der Waals surface area contributed by atoms with Gasteiger partial charge in [0, 0.05) is 19.5 Å². The summed E-state index contributed by atoms with van der Waals surface area (Å²) in [5, 5.41) is 6.16. The number of nitrogens with zero attached hydrogens (tertiary/aromatic N) is 1. The molecule has 2 aliphatic heterocycles. The molecule has 102 valence electrons. The van der Waals surface area contributed by atoms with E-state index in [-0.39, 0.29) is 18.4 Å². The number of rotatable bonds is 3. The summed E-state index contributed by atoms with van der Waals surface area (Å²) < 4.78 is 0. The normalized spacial score (nSPS) is 25.4. The van der Waals surface area contributed by atoms with Crippen molar-refractivity contribution in [3.8, 4) is 0 Å². The van der Waals surface area contributed by atoms with E-state index >= 15 is 0 Å². The smallest absolute Gasteiger partial charge is 0.239 e. The van der Waals surface area contributed by atoms with Crippen LogP contribution in [0.25, 0.3) is 0 Å². The van der Waals surface area contributed by atoms with Crippen molar-refractivity contribution < 1.29 is 9.59 Å². The highest BCUT2D eigenvalue weighted by molar-refractivity contribution is 5.85. The number of carbonyl (C=O) groups excluding carboxylic acids is 2. The van der Waals surface area contributed by atoms with Crippen molar-refractivity contribution in [3.63, 3.8) is 0 Å². The number of nitrogens with one attached hydrogen (secondary N) is 2. The standard InChI is InChI=1S/C13H23N3O2/c17-12-10-16(8-2-7-15-12)13(18)5-4-11-3-1-6-14-9-11/h11,14H,1-10H2,(H,15,17). The zero-order chi connectivity index (χ0) is 12.8. The molecule has 2 rings (SSSR count). The fourth-order valence-corrected chi connectivity index (χ4v) is 2.68. The zero-order valence-corrected chi connectivity index (χ0v) is 10.9. The van der Waals surface area contributed by atoms with E-state index in [0.29, 0.717) is 25.4 Å². The molecule has 0 aromatic carbocycles. The van der Waals surface area contributed by atoms with Crippen LogP contribution in [-0.4, -0.2) is 49.4 Å². The summed E-state index contributed by atoms with van der Waals surface area (Å²) in [5.41, 5.74) is 0. The minimum Gasteiger partial charge on any atom is -0.354 e. The molecule has 2 N–H and O–H groups in total. The average molecular weight is 253 g/mol. The fraction of sp³-hybridized carbons (Fsp3) is 0.846. The Balaban J connectivity index is 1.74. The van der Waals surface area contributed by atoms with Gasteiger partial charge in [-0.25, -0.2) is 0 Å². The SMILES string of the molecule is O=C1CN(C(=O)CCC2CCCNC2)CCCN1. The molecule has 2 heterocycles. The second-order valence-corrected chi connectivity index (χ2v) is 5.27. The van der Waals surface area contributed by atoms with Gasteiger partial charge < -0.3 is 15.5 Å². The van der Waals surface area contributed by atoms with Crippen LogP contribution in [0.1, 0.15) is 32.1 Å². The van der Waals surface area contributed by atoms with Crippen molar-refractivity contribution in [2.24, 2.45) is 5.92 Å². The van der Waals surface area contributed by atoms with Crippen molar-refractivity contribution in [1.82, 2.24) is 15.5 Å². The second-order valence-electron chi connectivity index (χ2n) is 5.27. The number of hydrogen-bond acceptors (Lipinski definition) is 3. The first-order chi connectivity index (χ1) is 8.75. The van der Waals surface area contributed by atoms with Gasteiger partial charge in [-0.2, -0.15) is 0 Å². The molecule has 0 radical (unpaired) electrons. The van der Waals surface area contributed by atoms with Gasteiger partial charge in [0.25, 0.3) is 0 Å². The minimum atomic E-state index is -0.0276. The van der Waals surface area contributed by atoms with Crippen LogP contribution < -0.4 is 10.6 Å². The molecule has 1 atom stereocenters. The summed E-state index contributed by atoms with van der Waals surface area (Å²) in [4.78, 5) is 25.2. The lowest BCUT2D eigenvalue weighted by molar-refractivity contribution is -0.135. The van der Waals surface area contributed by atoms with Crippen LogP contribution in [-0.2, 0) is 9.59 Å². The molecule has 0 aromatic rings. The Bertz CT molecular complexity index is 301. The Morgan fingerprint density at radius 2 is 2.22 bits per heavy atom. The molecule has 0 saturated carbocycles. The first-order valence-corrected chi connectivity index (χ1v) is 7.01. The molecule has 2 aliphatic rings. The van der Waals surface area contributed by atoms with Gasteiger partial charge in [-0.3, -0.25) is 9.59 Å². The van der Waals surface area contributed by atoms with E-state index in [1.165, 1.54) is 12.8 Å². The van der Waals surface area contributed by atoms with Gasteiger partial charge in [0.2, 0.25) is 11.8 Å². The summed E-state index contributed by atoms with van der Waals surface area (Å²) in [6, 6.07) is 0. The van der Waals surface area contributed by atoms with Gasteiger partial charge in [-0.1, -0.05) is 0 Å². The van der Waals surface area contributed by atoms with E-state index in [1.807, 2.05) is 0 Å². The van der Waals surface area contributed by atoms with Crippen molar-refractivity contribution in [2.75, 3.05) is 32.7 Å². The molecule has 2 fully saturated rings. The van der Waals surface area contributed by atoms with E-state index in [0.717, 1.165) is 25.9 Å². The predicted octanol–water partition coefficient (Wildman–Crippen LogP) is 0.115. The molecular weight excluding hydrogens is 230 g/mol. The molecule has 2 saturated heterocycles. The van der Waals surface area contributed by atoms with Crippen molar-refractivity contribution in [1.29, 1.82) is 0 Å². The Morgan fingerprint density at radius 1 is 1.33 bits per heavy atom. The topological polar surface area (TPSA) is 61.4 Å². The fourth-order valence-electron chi connectivity index (χ4n) is 2.68. The number of piperidine rings is 1. The molecule has 5 nitrogen and oxygen atoms in total. The van der Waals surface area contributed by atoms with Gasteiger partial charge in [0.15, 0.2) is 0 Å². The van der Waals surface area contributed by atoms with Gasteiger partial charge in [-0.05, 0) is 44.7 Å². The number of carbonyl (C=O) groups is 2. The van der Waals surface area contributed by atoms with Crippen LogP contribution in [0.2, 0.25) is 0 Å². The first kappa shape index (κ1) is 13.3. The maximum absolute atomic E-state index is 12.1. The maximum atomic E-state index is 12.1. The molecule has 0 spiro atoms. The van der Waals surface area contributed by atoms with E-state index in [9.17, 15) is 9.59 Å². The predicted molar refractivity (Wildman–Crippen MR) is 69.0 cm³/mol. The molecule has 5 heteroatoms. The number of hydrogen-bond donors (Lipinski definition) is 2. The Labute approximate surface area is 108 Å². The Kier molecular flexibility index (Phi) is 4.99. The van der Waals surface area contributed by atoms with Crippen molar-refractivity contribution in [3.05, 3.63) is 0 Å². The highest BCUT2D eigenvalue weighted by Crippen LogP contribution is 2.16. The lowest BCUT2D eigenvalue weighted by Gasteiger charge is -2.24. The van der Waals surface area contributed by atoms with E-state index in [4.69, 9.17) is 0 Å². The number of amides is 2. The Morgan fingerprint density at radius 3 is 3.00 bits per heavy atom. The quantitative estimate of drug-likeness (QED) is 0.751. The van der Waals surface area contributed by atoms with Gasteiger partial charge >= 0.3 is 0 Å². The lowest BCUT2D eigenvalue weighted by Crippen LogP contribution is -2.38. The largest absolute Gasteiger partial charge is 0.354 e. The third-order valence-corrected chi connectivity index (χ3v) is 3.78. The van der Waals surface area contributed by atoms with Crippen LogP contribution in [0, 0.1) is 5.92 Å². The van der Waals surface area contributed by atoms with Crippen LogP contribution in [0.15, 0.2) is 0 Å². The van der Waals surface area contributed by atoms with Crippen LogP contribution in [0.4, 0.5) is 0 Å². The van der Waals surface area contributed by atoms with Gasteiger partial charge in [0.05, 0.1) is 6.54 Å². The Hall–Kier alpha value is -1.10. The van der Waals surface area contributed by atoms with Crippen molar-refractivity contribution in [2.45, 2.75) is 32.1 Å². The highest BCUT2D eigenvalue weighted by atomic mass is 16.2. The average Bonchev–Trinajstić information content (AvgIpc) is 2.62. The lowest BCUT2D eigenvalue weighted by atomic mass is 9.94. The van der Waals surface area contributed by atoms with Crippen LogP contribution in [0.3, 0.4) is 0 Å². The van der Waals surface area contributed by atoms with E-state index < -0.39 is 0 Å². The molecule has 18 heavy (non-hydrogen) atoms. The van der Waals surface area contributed by atoms with E-state index in [2.05, 4.69) is 10.6 Å². The summed E-state index contributed by atoms with van der Waals surface area (Å²) >= 11 is 0. The summed E-state index contributed by atoms with van der Waals surface area (Å²) in [7, 11) is 0. The molecular formula is C13H23N3O2. The summed E-state index contributed by atoms with van der Waals surface area (Å²) in [6.07, 6.45) is 4.83. The van der Waals surface area contributed by atoms with Crippen molar-refractivity contribution >= 4 is 11.8 Å². The van der Waals surface area contributed by atoms with Crippen LogP contribution in [0.5, 0.6) is 0 Å².